The van der Waals surface area contributed by atoms with Gasteiger partial charge in [0.2, 0.25) is 20.0 Å². The van der Waals surface area contributed by atoms with E-state index in [-0.39, 0.29) is 15.8 Å². The van der Waals surface area contributed by atoms with Gasteiger partial charge in [-0.2, -0.15) is 4.31 Å². The molecule has 1 saturated heterocycles. The molecule has 0 spiro atoms. The van der Waals surface area contributed by atoms with Crippen LogP contribution in [-0.2, 0) is 20.0 Å². The monoisotopic (exact) mass is 426 g/mol. The van der Waals surface area contributed by atoms with Gasteiger partial charge in [-0.1, -0.05) is 12.1 Å². The van der Waals surface area contributed by atoms with Gasteiger partial charge >= 0.3 is 0 Å². The standard InChI is InChI=1S/C18H22N2O6S2/c1-25-17-9-8-13(11-18(17)26-2)16-7-4-10-20(16)28(23,24)15-6-3-5-14(12-15)27(19,21)22/h3,5-6,8-9,11-12,16H,4,7,10H2,1-2H3,(H2,19,21,22)/t16-/m1/s1. The second kappa shape index (κ2) is 7.70. The number of sulfonamides is 2. The van der Waals surface area contributed by atoms with Crippen LogP contribution in [-0.4, -0.2) is 41.9 Å². The van der Waals surface area contributed by atoms with Crippen molar-refractivity contribution < 1.29 is 26.3 Å². The predicted molar refractivity (Wildman–Crippen MR) is 103 cm³/mol. The molecular formula is C18H22N2O6S2. The summed E-state index contributed by atoms with van der Waals surface area (Å²) in [5.41, 5.74) is 0.779. The summed E-state index contributed by atoms with van der Waals surface area (Å²) < 4.78 is 61.5. The summed E-state index contributed by atoms with van der Waals surface area (Å²) in [6.45, 7) is 0.334. The molecule has 1 aliphatic rings. The number of hydrogen-bond acceptors (Lipinski definition) is 6. The Bertz CT molecular complexity index is 1080. The van der Waals surface area contributed by atoms with Crippen LogP contribution in [0.5, 0.6) is 11.5 Å². The van der Waals surface area contributed by atoms with E-state index in [0.717, 1.165) is 11.6 Å². The maximum absolute atomic E-state index is 13.2. The highest BCUT2D eigenvalue weighted by molar-refractivity contribution is 7.90. The highest BCUT2D eigenvalue weighted by Crippen LogP contribution is 2.39. The SMILES string of the molecule is COc1ccc([C@H]2CCCN2S(=O)(=O)c2cccc(S(N)(=O)=O)c2)cc1OC. The Morgan fingerprint density at radius 1 is 0.964 bits per heavy atom. The van der Waals surface area contributed by atoms with Crippen molar-refractivity contribution in [3.63, 3.8) is 0 Å². The number of benzene rings is 2. The third-order valence-electron chi connectivity index (χ3n) is 4.74. The first-order valence-electron chi connectivity index (χ1n) is 8.55. The highest BCUT2D eigenvalue weighted by Gasteiger charge is 2.36. The van der Waals surface area contributed by atoms with Crippen molar-refractivity contribution >= 4 is 20.0 Å². The lowest BCUT2D eigenvalue weighted by Gasteiger charge is -2.25. The number of hydrogen-bond donors (Lipinski definition) is 1. The van der Waals surface area contributed by atoms with Gasteiger partial charge < -0.3 is 9.47 Å². The van der Waals surface area contributed by atoms with Crippen LogP contribution in [0.15, 0.2) is 52.3 Å². The summed E-state index contributed by atoms with van der Waals surface area (Å²) >= 11 is 0. The quantitative estimate of drug-likeness (QED) is 0.754. The van der Waals surface area contributed by atoms with E-state index in [9.17, 15) is 16.8 Å². The fraction of sp³-hybridized carbons (Fsp3) is 0.333. The number of primary sulfonamides is 1. The third kappa shape index (κ3) is 3.86. The molecule has 10 heteroatoms. The van der Waals surface area contributed by atoms with Crippen molar-refractivity contribution in [3.05, 3.63) is 48.0 Å². The lowest BCUT2D eigenvalue weighted by Crippen LogP contribution is -2.31. The van der Waals surface area contributed by atoms with E-state index < -0.39 is 20.0 Å². The zero-order chi connectivity index (χ0) is 20.5. The highest BCUT2D eigenvalue weighted by atomic mass is 32.2. The maximum Gasteiger partial charge on any atom is 0.243 e. The van der Waals surface area contributed by atoms with Crippen LogP contribution < -0.4 is 14.6 Å². The molecule has 0 aromatic heterocycles. The number of ether oxygens (including phenoxy) is 2. The molecule has 0 aliphatic carbocycles. The summed E-state index contributed by atoms with van der Waals surface area (Å²) in [5, 5.41) is 5.14. The summed E-state index contributed by atoms with van der Waals surface area (Å²) in [5.74, 6) is 1.07. The van der Waals surface area contributed by atoms with Crippen LogP contribution in [0, 0.1) is 0 Å². The van der Waals surface area contributed by atoms with Crippen molar-refractivity contribution in [3.8, 4) is 11.5 Å². The molecule has 0 unspecified atom stereocenters. The molecule has 0 bridgehead atoms. The molecule has 28 heavy (non-hydrogen) atoms. The molecule has 1 fully saturated rings. The Morgan fingerprint density at radius 3 is 2.29 bits per heavy atom. The Labute approximate surface area is 165 Å². The number of methoxy groups -OCH3 is 2. The van der Waals surface area contributed by atoms with Gasteiger partial charge in [0.1, 0.15) is 0 Å². The lowest BCUT2D eigenvalue weighted by molar-refractivity contribution is 0.351. The second-order valence-corrected chi connectivity index (χ2v) is 9.86. The molecule has 152 valence electrons. The minimum atomic E-state index is -4.00. The fourth-order valence-corrected chi connectivity index (χ4v) is 5.73. The van der Waals surface area contributed by atoms with E-state index >= 15 is 0 Å². The zero-order valence-electron chi connectivity index (χ0n) is 15.5. The van der Waals surface area contributed by atoms with Crippen LogP contribution in [0.25, 0.3) is 0 Å². The van der Waals surface area contributed by atoms with Crippen molar-refractivity contribution in [1.29, 1.82) is 0 Å². The molecule has 1 atom stereocenters. The molecule has 1 heterocycles. The van der Waals surface area contributed by atoms with Crippen LogP contribution in [0.4, 0.5) is 0 Å². The van der Waals surface area contributed by atoms with Gasteiger partial charge in [-0.3, -0.25) is 0 Å². The normalized spacial score (nSPS) is 18.2. The first kappa shape index (κ1) is 20.6. The molecule has 0 saturated carbocycles. The van der Waals surface area contributed by atoms with E-state index in [2.05, 4.69) is 0 Å². The first-order chi connectivity index (χ1) is 13.2. The van der Waals surface area contributed by atoms with Gasteiger partial charge in [-0.25, -0.2) is 22.0 Å². The Kier molecular flexibility index (Phi) is 5.67. The van der Waals surface area contributed by atoms with Gasteiger partial charge in [0.25, 0.3) is 0 Å². The summed E-state index contributed by atoms with van der Waals surface area (Å²) in [7, 11) is -4.87. The zero-order valence-corrected chi connectivity index (χ0v) is 17.2. The van der Waals surface area contributed by atoms with Crippen molar-refractivity contribution in [2.75, 3.05) is 20.8 Å². The Morgan fingerprint density at radius 2 is 1.64 bits per heavy atom. The molecule has 0 radical (unpaired) electrons. The summed E-state index contributed by atoms with van der Waals surface area (Å²) in [6, 6.07) is 10.0. The number of nitrogens with two attached hydrogens (primary N) is 1. The minimum Gasteiger partial charge on any atom is -0.493 e. The second-order valence-electron chi connectivity index (χ2n) is 6.41. The first-order valence-corrected chi connectivity index (χ1v) is 11.5. The smallest absolute Gasteiger partial charge is 0.243 e. The van der Waals surface area contributed by atoms with Gasteiger partial charge in [-0.15, -0.1) is 0 Å². The van der Waals surface area contributed by atoms with Crippen LogP contribution in [0.2, 0.25) is 0 Å². The molecule has 2 aromatic rings. The van der Waals surface area contributed by atoms with Crippen molar-refractivity contribution in [2.45, 2.75) is 28.7 Å². The van der Waals surface area contributed by atoms with Crippen LogP contribution >= 0.6 is 0 Å². The van der Waals surface area contributed by atoms with Gasteiger partial charge in [0.05, 0.1) is 30.1 Å². The third-order valence-corrected chi connectivity index (χ3v) is 7.55. The number of nitrogens with zero attached hydrogens (tertiary/aromatic N) is 1. The average Bonchev–Trinajstić information content (AvgIpc) is 3.17. The topological polar surface area (TPSA) is 116 Å². The summed E-state index contributed by atoms with van der Waals surface area (Å²) in [4.78, 5) is -0.346. The lowest BCUT2D eigenvalue weighted by atomic mass is 10.0. The Hall–Kier alpha value is -2.14. The molecule has 8 nitrogen and oxygen atoms in total. The van der Waals surface area contributed by atoms with E-state index in [0.29, 0.717) is 30.9 Å². The van der Waals surface area contributed by atoms with Crippen molar-refractivity contribution in [1.82, 2.24) is 4.31 Å². The number of rotatable bonds is 6. The molecule has 1 aliphatic heterocycles. The van der Waals surface area contributed by atoms with Crippen LogP contribution in [0.1, 0.15) is 24.4 Å². The fourth-order valence-electron chi connectivity index (χ4n) is 3.37. The van der Waals surface area contributed by atoms with Gasteiger partial charge in [-0.05, 0) is 48.7 Å². The molecule has 0 amide bonds. The van der Waals surface area contributed by atoms with Gasteiger partial charge in [0, 0.05) is 6.54 Å². The van der Waals surface area contributed by atoms with E-state index in [4.69, 9.17) is 14.6 Å². The predicted octanol–water partition coefficient (Wildman–Crippen LogP) is 1.88. The molecule has 2 N–H and O–H groups in total. The molecule has 2 aromatic carbocycles. The van der Waals surface area contributed by atoms with Crippen LogP contribution in [0.3, 0.4) is 0 Å². The average molecular weight is 427 g/mol. The van der Waals surface area contributed by atoms with E-state index in [1.54, 1.807) is 18.2 Å². The molecule has 3 rings (SSSR count). The van der Waals surface area contributed by atoms with Crippen molar-refractivity contribution in [2.24, 2.45) is 5.14 Å². The minimum absolute atomic E-state index is 0.105. The Balaban J connectivity index is 2.01. The largest absolute Gasteiger partial charge is 0.493 e. The van der Waals surface area contributed by atoms with E-state index in [1.165, 1.54) is 36.7 Å². The van der Waals surface area contributed by atoms with E-state index in [1.807, 2.05) is 0 Å². The maximum atomic E-state index is 13.2. The summed E-state index contributed by atoms with van der Waals surface area (Å²) in [6.07, 6.45) is 1.33. The molecular weight excluding hydrogens is 404 g/mol. The van der Waals surface area contributed by atoms with Gasteiger partial charge in [0.15, 0.2) is 11.5 Å².